The van der Waals surface area contributed by atoms with Crippen LogP contribution in [-0.4, -0.2) is 116 Å². The van der Waals surface area contributed by atoms with Crippen LogP contribution in [0.5, 0.6) is 0 Å². The van der Waals surface area contributed by atoms with Crippen molar-refractivity contribution in [2.24, 2.45) is 0 Å². The molecule has 10 unspecified atom stereocenters. The molecule has 0 bridgehead atoms. The third-order valence-electron chi connectivity index (χ3n) is 7.27. The van der Waals surface area contributed by atoms with E-state index in [-0.39, 0.29) is 6.61 Å². The van der Waals surface area contributed by atoms with Crippen LogP contribution in [0.4, 0.5) is 0 Å². The van der Waals surface area contributed by atoms with Crippen LogP contribution in [0.15, 0.2) is 30.3 Å². The maximum atomic E-state index is 12.6. The summed E-state index contributed by atoms with van der Waals surface area (Å²) in [5.74, 6) is -5.45. The van der Waals surface area contributed by atoms with Crippen LogP contribution in [0.3, 0.4) is 0 Å². The number of amides is 1. The van der Waals surface area contributed by atoms with Gasteiger partial charge in [0.1, 0.15) is 37.6 Å². The molecule has 2 aliphatic rings. The van der Waals surface area contributed by atoms with E-state index in [2.05, 4.69) is 5.32 Å². The average molecular weight is 726 g/mol. The lowest BCUT2D eigenvalue weighted by molar-refractivity contribution is -0.348. The summed E-state index contributed by atoms with van der Waals surface area (Å²) in [4.78, 5) is 85.7. The first-order chi connectivity index (χ1) is 24.0. The Morgan fingerprint density at radius 1 is 0.569 bits per heavy atom. The number of hydrogen-bond donors (Lipinski definition) is 1. The van der Waals surface area contributed by atoms with E-state index in [9.17, 15) is 33.6 Å². The molecule has 0 aromatic heterocycles. The monoisotopic (exact) mass is 725 g/mol. The Morgan fingerprint density at radius 2 is 1.02 bits per heavy atom. The molecule has 18 heteroatoms. The van der Waals surface area contributed by atoms with E-state index in [0.717, 1.165) is 47.1 Å². The quantitative estimate of drug-likeness (QED) is 0.202. The largest absolute Gasteiger partial charge is 0.463 e. The Balaban J connectivity index is 2.17. The fraction of sp³-hybridized carbons (Fsp3) is 0.606. The molecule has 3 rings (SSSR count). The zero-order valence-electron chi connectivity index (χ0n) is 29.2. The minimum absolute atomic E-state index is 0.0358. The van der Waals surface area contributed by atoms with Crippen molar-refractivity contribution in [2.75, 3.05) is 13.2 Å². The number of nitrogens with one attached hydrogen (secondary N) is 1. The van der Waals surface area contributed by atoms with Crippen molar-refractivity contribution in [3.05, 3.63) is 35.9 Å². The lowest BCUT2D eigenvalue weighted by Gasteiger charge is -2.49. The standard InChI is InChI=1S/C33H43NO17/c1-16(35)34-26-29(27(45-19(4)38)24(14-42-17(2)36)49-32(26)44-13-23-11-9-8-10-12-23)51-33-31(48-22(7)41)30(47-21(6)40)28(46-20(5)39)25(50-33)15-43-18(3)37/h8-12,24-33H,13-15H2,1-7H3,(H,34,35). The molecule has 1 aromatic carbocycles. The summed E-state index contributed by atoms with van der Waals surface area (Å²) in [5, 5.41) is 2.68. The maximum absolute atomic E-state index is 12.6. The van der Waals surface area contributed by atoms with E-state index in [0.29, 0.717) is 0 Å². The molecule has 282 valence electrons. The Hall–Kier alpha value is -4.65. The van der Waals surface area contributed by atoms with Crippen molar-refractivity contribution in [1.29, 1.82) is 0 Å². The smallest absolute Gasteiger partial charge is 0.303 e. The molecule has 51 heavy (non-hydrogen) atoms. The van der Waals surface area contributed by atoms with Gasteiger partial charge in [0, 0.05) is 48.5 Å². The van der Waals surface area contributed by atoms with Crippen molar-refractivity contribution in [3.8, 4) is 0 Å². The molecule has 18 nitrogen and oxygen atoms in total. The summed E-state index contributed by atoms with van der Waals surface area (Å²) in [6, 6.07) is 7.62. The van der Waals surface area contributed by atoms with E-state index in [4.69, 9.17) is 47.4 Å². The van der Waals surface area contributed by atoms with Gasteiger partial charge in [-0.05, 0) is 5.56 Å². The first-order valence-electron chi connectivity index (χ1n) is 15.9. The second-order valence-electron chi connectivity index (χ2n) is 11.6. The molecule has 1 amide bonds. The third-order valence-corrected chi connectivity index (χ3v) is 7.27. The number of ether oxygens (including phenoxy) is 10. The van der Waals surface area contributed by atoms with Crippen molar-refractivity contribution in [2.45, 2.75) is 116 Å². The molecule has 0 radical (unpaired) electrons. The fourth-order valence-corrected chi connectivity index (χ4v) is 5.47. The second kappa shape index (κ2) is 19.1. The van der Waals surface area contributed by atoms with Gasteiger partial charge in [0.15, 0.2) is 37.0 Å². The Bertz CT molecular complexity index is 1400. The predicted molar refractivity (Wildman–Crippen MR) is 167 cm³/mol. The van der Waals surface area contributed by atoms with Gasteiger partial charge in [0.05, 0.1) is 6.61 Å². The van der Waals surface area contributed by atoms with Crippen LogP contribution in [-0.2, 0) is 87.5 Å². The van der Waals surface area contributed by atoms with Gasteiger partial charge in [-0.3, -0.25) is 33.6 Å². The van der Waals surface area contributed by atoms with Crippen molar-refractivity contribution < 1.29 is 80.9 Å². The van der Waals surface area contributed by atoms with Crippen LogP contribution in [0.1, 0.15) is 54.0 Å². The fourth-order valence-electron chi connectivity index (χ4n) is 5.47. The van der Waals surface area contributed by atoms with Crippen molar-refractivity contribution in [1.82, 2.24) is 5.32 Å². The summed E-state index contributed by atoms with van der Waals surface area (Å²) in [7, 11) is 0. The van der Waals surface area contributed by atoms with Gasteiger partial charge < -0.3 is 52.7 Å². The van der Waals surface area contributed by atoms with Gasteiger partial charge in [0.2, 0.25) is 5.91 Å². The first-order valence-corrected chi connectivity index (χ1v) is 15.9. The van der Waals surface area contributed by atoms with Crippen LogP contribution in [0.2, 0.25) is 0 Å². The number of carbonyl (C=O) groups is 7. The van der Waals surface area contributed by atoms with Crippen LogP contribution in [0, 0.1) is 0 Å². The summed E-state index contributed by atoms with van der Waals surface area (Å²) < 4.78 is 57.2. The van der Waals surface area contributed by atoms with Gasteiger partial charge in [-0.1, -0.05) is 30.3 Å². The minimum Gasteiger partial charge on any atom is -0.463 e. The number of esters is 6. The number of carbonyl (C=O) groups excluding carboxylic acids is 7. The van der Waals surface area contributed by atoms with Gasteiger partial charge in [0.25, 0.3) is 0 Å². The molecule has 1 N–H and O–H groups in total. The van der Waals surface area contributed by atoms with E-state index in [1.807, 2.05) is 0 Å². The van der Waals surface area contributed by atoms with Gasteiger partial charge in [-0.15, -0.1) is 0 Å². The minimum atomic E-state index is -1.76. The topological polar surface area (TPSA) is 224 Å². The molecular formula is C33H43NO17. The van der Waals surface area contributed by atoms with E-state index in [1.54, 1.807) is 30.3 Å². The van der Waals surface area contributed by atoms with E-state index in [1.165, 1.54) is 6.92 Å². The van der Waals surface area contributed by atoms with Crippen LogP contribution < -0.4 is 5.32 Å². The predicted octanol–water partition coefficient (Wildman–Crippen LogP) is 0.396. The molecule has 2 aliphatic heterocycles. The molecule has 0 aliphatic carbocycles. The lowest BCUT2D eigenvalue weighted by atomic mass is 9.94. The molecule has 0 saturated carbocycles. The van der Waals surface area contributed by atoms with Gasteiger partial charge in [-0.2, -0.15) is 0 Å². The number of rotatable bonds is 14. The Kier molecular flexibility index (Phi) is 15.3. The lowest BCUT2D eigenvalue weighted by Crippen LogP contribution is -2.69. The highest BCUT2D eigenvalue weighted by atomic mass is 16.8. The summed E-state index contributed by atoms with van der Waals surface area (Å²) in [6.07, 6.45) is -13.5. The van der Waals surface area contributed by atoms with Crippen molar-refractivity contribution >= 4 is 41.7 Å². The Morgan fingerprint density at radius 3 is 1.49 bits per heavy atom. The third kappa shape index (κ3) is 12.6. The molecule has 0 spiro atoms. The zero-order chi connectivity index (χ0) is 37.8. The average Bonchev–Trinajstić information content (AvgIpc) is 3.02. The van der Waals surface area contributed by atoms with Gasteiger partial charge >= 0.3 is 35.8 Å². The van der Waals surface area contributed by atoms with Gasteiger partial charge in [-0.25, -0.2) is 0 Å². The number of benzene rings is 1. The Labute approximate surface area is 293 Å². The first kappa shape index (κ1) is 40.8. The summed E-state index contributed by atoms with van der Waals surface area (Å²) in [5.41, 5.74) is 0.721. The molecule has 2 saturated heterocycles. The SMILES string of the molecule is CC(=O)NC1C(OCc2ccccc2)OC(COC(C)=O)C(OC(C)=O)C1OC1OC(COC(C)=O)C(OC(C)=O)C(OC(C)=O)C1OC(C)=O. The molecule has 2 heterocycles. The van der Waals surface area contributed by atoms with Crippen molar-refractivity contribution in [3.63, 3.8) is 0 Å². The second-order valence-corrected chi connectivity index (χ2v) is 11.6. The van der Waals surface area contributed by atoms with Crippen LogP contribution >= 0.6 is 0 Å². The maximum Gasteiger partial charge on any atom is 0.303 e. The molecule has 2 fully saturated rings. The normalized spacial score (nSPS) is 28.7. The summed E-state index contributed by atoms with van der Waals surface area (Å²) >= 11 is 0. The summed E-state index contributed by atoms with van der Waals surface area (Å²) in [6.45, 7) is 6.68. The molecule has 10 atom stereocenters. The highest BCUT2D eigenvalue weighted by Crippen LogP contribution is 2.35. The zero-order valence-corrected chi connectivity index (χ0v) is 29.2. The molecular weight excluding hydrogens is 682 g/mol. The highest BCUT2D eigenvalue weighted by Gasteiger charge is 2.57. The van der Waals surface area contributed by atoms with E-state index >= 15 is 0 Å². The molecule has 1 aromatic rings. The number of hydrogen-bond acceptors (Lipinski definition) is 17. The highest BCUT2D eigenvalue weighted by molar-refractivity contribution is 5.73. The van der Waals surface area contributed by atoms with E-state index < -0.39 is 116 Å². The van der Waals surface area contributed by atoms with Crippen LogP contribution in [0.25, 0.3) is 0 Å².